The lowest BCUT2D eigenvalue weighted by Crippen LogP contribution is -2.26. The molecule has 1 rings (SSSR count). The standard InChI is InChI=1S/C17H31N3/c1-5-8-12-20(13-9-6-2)15-10-11-17(19-14-15)16(7-3)18-4/h10-11,14,16,18H,5-9,12-13H2,1-4H3. The minimum atomic E-state index is 0.365. The highest BCUT2D eigenvalue weighted by Gasteiger charge is 2.10. The van der Waals surface area contributed by atoms with Crippen LogP contribution in [0.15, 0.2) is 18.3 Å². The van der Waals surface area contributed by atoms with E-state index in [4.69, 9.17) is 0 Å². The van der Waals surface area contributed by atoms with Gasteiger partial charge in [0.25, 0.3) is 0 Å². The number of nitrogens with one attached hydrogen (secondary N) is 1. The van der Waals surface area contributed by atoms with Gasteiger partial charge in [-0.2, -0.15) is 0 Å². The zero-order valence-electron chi connectivity index (χ0n) is 13.7. The van der Waals surface area contributed by atoms with Crippen LogP contribution in [0.4, 0.5) is 5.69 Å². The van der Waals surface area contributed by atoms with Crippen molar-refractivity contribution in [2.45, 2.75) is 58.9 Å². The molecule has 0 amide bonds. The van der Waals surface area contributed by atoms with Crippen molar-refractivity contribution in [1.82, 2.24) is 10.3 Å². The molecule has 0 aliphatic rings. The Balaban J connectivity index is 2.75. The van der Waals surface area contributed by atoms with Crippen LogP contribution < -0.4 is 10.2 Å². The maximum absolute atomic E-state index is 4.65. The molecule has 3 nitrogen and oxygen atoms in total. The maximum Gasteiger partial charge on any atom is 0.0574 e. The molecule has 1 aromatic rings. The molecule has 0 saturated carbocycles. The second kappa shape index (κ2) is 9.76. The Morgan fingerprint density at radius 3 is 2.15 bits per heavy atom. The van der Waals surface area contributed by atoms with Crippen LogP contribution in [0.1, 0.15) is 64.6 Å². The van der Waals surface area contributed by atoms with Gasteiger partial charge in [-0.1, -0.05) is 33.6 Å². The van der Waals surface area contributed by atoms with Gasteiger partial charge in [0.1, 0.15) is 0 Å². The number of hydrogen-bond donors (Lipinski definition) is 1. The second-order valence-electron chi connectivity index (χ2n) is 5.38. The number of rotatable bonds is 10. The van der Waals surface area contributed by atoms with Crippen molar-refractivity contribution in [2.24, 2.45) is 0 Å². The van der Waals surface area contributed by atoms with E-state index >= 15 is 0 Å². The van der Waals surface area contributed by atoms with E-state index in [1.807, 2.05) is 13.2 Å². The normalized spacial score (nSPS) is 12.4. The number of aromatic nitrogens is 1. The molecule has 0 fully saturated rings. The zero-order chi connectivity index (χ0) is 14.8. The predicted octanol–water partition coefficient (Wildman–Crippen LogP) is 4.16. The van der Waals surface area contributed by atoms with Gasteiger partial charge in [0.05, 0.1) is 17.6 Å². The highest BCUT2D eigenvalue weighted by atomic mass is 15.1. The predicted molar refractivity (Wildman–Crippen MR) is 88.4 cm³/mol. The molecule has 1 heterocycles. The lowest BCUT2D eigenvalue weighted by Gasteiger charge is -2.25. The summed E-state index contributed by atoms with van der Waals surface area (Å²) >= 11 is 0. The molecule has 0 radical (unpaired) electrons. The van der Waals surface area contributed by atoms with Crippen molar-refractivity contribution in [3.63, 3.8) is 0 Å². The van der Waals surface area contributed by atoms with Crippen LogP contribution in [0.3, 0.4) is 0 Å². The van der Waals surface area contributed by atoms with Crippen molar-refractivity contribution >= 4 is 5.69 Å². The largest absolute Gasteiger partial charge is 0.370 e. The number of anilines is 1. The van der Waals surface area contributed by atoms with Gasteiger partial charge in [0, 0.05) is 19.1 Å². The molecule has 0 aliphatic heterocycles. The Morgan fingerprint density at radius 1 is 1.10 bits per heavy atom. The topological polar surface area (TPSA) is 28.2 Å². The molecule has 0 aromatic carbocycles. The summed E-state index contributed by atoms with van der Waals surface area (Å²) in [6.45, 7) is 8.96. The van der Waals surface area contributed by atoms with Crippen LogP contribution in [-0.2, 0) is 0 Å². The van der Waals surface area contributed by atoms with E-state index < -0.39 is 0 Å². The van der Waals surface area contributed by atoms with Crippen molar-refractivity contribution in [3.8, 4) is 0 Å². The van der Waals surface area contributed by atoms with E-state index in [2.05, 4.69) is 48.1 Å². The number of unbranched alkanes of at least 4 members (excludes halogenated alkanes) is 2. The average molecular weight is 277 g/mol. The monoisotopic (exact) mass is 277 g/mol. The summed E-state index contributed by atoms with van der Waals surface area (Å²) in [4.78, 5) is 7.13. The van der Waals surface area contributed by atoms with Crippen LogP contribution >= 0.6 is 0 Å². The van der Waals surface area contributed by atoms with E-state index in [1.165, 1.54) is 31.4 Å². The van der Waals surface area contributed by atoms with Gasteiger partial charge < -0.3 is 10.2 Å². The molecular weight excluding hydrogens is 246 g/mol. The number of hydrogen-bond acceptors (Lipinski definition) is 3. The molecular formula is C17H31N3. The third-order valence-electron chi connectivity index (χ3n) is 3.81. The molecule has 1 N–H and O–H groups in total. The Bertz CT molecular complexity index is 336. The van der Waals surface area contributed by atoms with Gasteiger partial charge in [-0.05, 0) is 38.4 Å². The summed E-state index contributed by atoms with van der Waals surface area (Å²) in [5.41, 5.74) is 2.41. The van der Waals surface area contributed by atoms with Crippen molar-refractivity contribution < 1.29 is 0 Å². The SMILES string of the molecule is CCCCN(CCCC)c1ccc(C(CC)NC)nc1. The fourth-order valence-electron chi connectivity index (χ4n) is 2.42. The van der Waals surface area contributed by atoms with Crippen molar-refractivity contribution in [3.05, 3.63) is 24.0 Å². The van der Waals surface area contributed by atoms with E-state index in [0.717, 1.165) is 25.2 Å². The molecule has 1 unspecified atom stereocenters. The van der Waals surface area contributed by atoms with Gasteiger partial charge in [-0.15, -0.1) is 0 Å². The Morgan fingerprint density at radius 2 is 1.75 bits per heavy atom. The van der Waals surface area contributed by atoms with Crippen molar-refractivity contribution in [1.29, 1.82) is 0 Å². The smallest absolute Gasteiger partial charge is 0.0574 e. The zero-order valence-corrected chi connectivity index (χ0v) is 13.7. The fourth-order valence-corrected chi connectivity index (χ4v) is 2.42. The molecule has 114 valence electrons. The van der Waals surface area contributed by atoms with Gasteiger partial charge in [0.2, 0.25) is 0 Å². The fraction of sp³-hybridized carbons (Fsp3) is 0.706. The van der Waals surface area contributed by atoms with Gasteiger partial charge >= 0.3 is 0 Å². The van der Waals surface area contributed by atoms with E-state index in [0.29, 0.717) is 6.04 Å². The first-order valence-corrected chi connectivity index (χ1v) is 8.14. The molecule has 1 aromatic heterocycles. The maximum atomic E-state index is 4.65. The minimum Gasteiger partial charge on any atom is -0.370 e. The quantitative estimate of drug-likeness (QED) is 0.696. The Hall–Kier alpha value is -1.09. The summed E-state index contributed by atoms with van der Waals surface area (Å²) in [6, 6.07) is 4.77. The molecule has 0 saturated heterocycles. The Kier molecular flexibility index (Phi) is 8.28. The highest BCUT2D eigenvalue weighted by molar-refractivity contribution is 5.44. The minimum absolute atomic E-state index is 0.365. The summed E-state index contributed by atoms with van der Waals surface area (Å²) < 4.78 is 0. The van der Waals surface area contributed by atoms with E-state index in [9.17, 15) is 0 Å². The molecule has 3 heteroatoms. The van der Waals surface area contributed by atoms with Crippen LogP contribution in [0.2, 0.25) is 0 Å². The van der Waals surface area contributed by atoms with Crippen LogP contribution in [0.5, 0.6) is 0 Å². The van der Waals surface area contributed by atoms with Gasteiger partial charge in [0.15, 0.2) is 0 Å². The molecule has 1 atom stereocenters. The second-order valence-corrected chi connectivity index (χ2v) is 5.38. The summed E-state index contributed by atoms with van der Waals surface area (Å²) in [7, 11) is 2.00. The average Bonchev–Trinajstić information content (AvgIpc) is 2.50. The molecule has 0 spiro atoms. The number of pyridine rings is 1. The number of nitrogens with zero attached hydrogens (tertiary/aromatic N) is 2. The Labute approximate surface area is 124 Å². The first-order chi connectivity index (χ1) is 9.76. The van der Waals surface area contributed by atoms with Gasteiger partial charge in [-0.3, -0.25) is 4.98 Å². The van der Waals surface area contributed by atoms with E-state index in [1.54, 1.807) is 0 Å². The lowest BCUT2D eigenvalue weighted by molar-refractivity contribution is 0.561. The van der Waals surface area contributed by atoms with Crippen molar-refractivity contribution in [2.75, 3.05) is 25.0 Å². The van der Waals surface area contributed by atoms with Crippen LogP contribution in [0, 0.1) is 0 Å². The van der Waals surface area contributed by atoms with Gasteiger partial charge in [-0.25, -0.2) is 0 Å². The highest BCUT2D eigenvalue weighted by Crippen LogP contribution is 2.19. The third kappa shape index (κ3) is 5.12. The summed E-state index contributed by atoms with van der Waals surface area (Å²) in [5, 5.41) is 3.31. The molecule has 0 bridgehead atoms. The summed E-state index contributed by atoms with van der Waals surface area (Å²) in [5.74, 6) is 0. The van der Waals surface area contributed by atoms with Crippen LogP contribution in [-0.4, -0.2) is 25.1 Å². The lowest BCUT2D eigenvalue weighted by atomic mass is 10.1. The third-order valence-corrected chi connectivity index (χ3v) is 3.81. The molecule has 0 aliphatic carbocycles. The molecule has 20 heavy (non-hydrogen) atoms. The first kappa shape index (κ1) is 17.0. The van der Waals surface area contributed by atoms with Crippen LogP contribution in [0.25, 0.3) is 0 Å². The van der Waals surface area contributed by atoms with E-state index in [-0.39, 0.29) is 0 Å². The first-order valence-electron chi connectivity index (χ1n) is 8.14. The summed E-state index contributed by atoms with van der Waals surface area (Å²) in [6.07, 6.45) is 8.09.